The average Bonchev–Trinajstić information content (AvgIpc) is 2.91. The number of anilines is 1. The standard InChI is InChI=1S/C21H23N3O3/c1-4-21(16-10-6-5-7-11-16)19(26)24(20(27)23-21)13-18(25)22-17-12-8-9-14(2)15(17)3/h5-12H,4,13H2,1-3H3,(H,22,25)(H,23,27)/t21-/m0/s1. The minimum absolute atomic E-state index is 0.327. The van der Waals surface area contributed by atoms with Crippen molar-refractivity contribution < 1.29 is 14.4 Å². The molecule has 1 heterocycles. The molecule has 1 fully saturated rings. The number of benzene rings is 2. The van der Waals surface area contributed by atoms with Crippen LogP contribution in [0.3, 0.4) is 0 Å². The molecule has 0 aromatic heterocycles. The van der Waals surface area contributed by atoms with Gasteiger partial charge in [-0.1, -0.05) is 49.4 Å². The van der Waals surface area contributed by atoms with Crippen LogP contribution in [-0.4, -0.2) is 29.3 Å². The molecule has 1 aliphatic heterocycles. The predicted molar refractivity (Wildman–Crippen MR) is 103 cm³/mol. The first-order chi connectivity index (χ1) is 12.9. The fourth-order valence-electron chi connectivity index (χ4n) is 3.35. The maximum Gasteiger partial charge on any atom is 0.325 e. The van der Waals surface area contributed by atoms with Crippen LogP contribution in [0.25, 0.3) is 0 Å². The highest BCUT2D eigenvalue weighted by Gasteiger charge is 2.51. The highest BCUT2D eigenvalue weighted by atomic mass is 16.2. The molecular weight excluding hydrogens is 342 g/mol. The zero-order valence-electron chi connectivity index (χ0n) is 15.7. The maximum absolute atomic E-state index is 13.0. The van der Waals surface area contributed by atoms with Crippen LogP contribution >= 0.6 is 0 Å². The molecule has 3 rings (SSSR count). The SMILES string of the molecule is CC[C@@]1(c2ccccc2)NC(=O)N(CC(=O)Nc2cccc(C)c2C)C1=O. The highest BCUT2D eigenvalue weighted by Crippen LogP contribution is 2.32. The van der Waals surface area contributed by atoms with E-state index < -0.39 is 23.4 Å². The molecule has 4 amide bonds. The summed E-state index contributed by atoms with van der Waals surface area (Å²) in [6.45, 7) is 5.38. The molecule has 2 N–H and O–H groups in total. The van der Waals surface area contributed by atoms with Crippen LogP contribution in [0.5, 0.6) is 0 Å². The molecule has 0 radical (unpaired) electrons. The minimum Gasteiger partial charge on any atom is -0.324 e. The molecule has 140 valence electrons. The van der Waals surface area contributed by atoms with Crippen LogP contribution in [0.1, 0.15) is 30.0 Å². The van der Waals surface area contributed by atoms with E-state index in [-0.39, 0.29) is 6.54 Å². The van der Waals surface area contributed by atoms with E-state index in [0.29, 0.717) is 17.7 Å². The van der Waals surface area contributed by atoms with Crippen LogP contribution < -0.4 is 10.6 Å². The number of carbonyl (C=O) groups excluding carboxylic acids is 3. The van der Waals surface area contributed by atoms with Crippen molar-refractivity contribution in [3.63, 3.8) is 0 Å². The highest BCUT2D eigenvalue weighted by molar-refractivity contribution is 6.10. The molecule has 0 saturated carbocycles. The maximum atomic E-state index is 13.0. The fraction of sp³-hybridized carbons (Fsp3) is 0.286. The van der Waals surface area contributed by atoms with Crippen LogP contribution in [0, 0.1) is 13.8 Å². The number of urea groups is 1. The van der Waals surface area contributed by atoms with Crippen molar-refractivity contribution in [3.8, 4) is 0 Å². The molecule has 0 bridgehead atoms. The van der Waals surface area contributed by atoms with Gasteiger partial charge in [0.25, 0.3) is 5.91 Å². The number of carbonyl (C=O) groups is 3. The molecule has 0 spiro atoms. The van der Waals surface area contributed by atoms with Gasteiger partial charge in [0.05, 0.1) is 0 Å². The quantitative estimate of drug-likeness (QED) is 0.799. The summed E-state index contributed by atoms with van der Waals surface area (Å²) in [4.78, 5) is 39.0. The molecule has 0 unspecified atom stereocenters. The Labute approximate surface area is 158 Å². The molecule has 6 nitrogen and oxygen atoms in total. The van der Waals surface area contributed by atoms with Crippen molar-refractivity contribution in [2.24, 2.45) is 0 Å². The first-order valence-electron chi connectivity index (χ1n) is 8.94. The van der Waals surface area contributed by atoms with Crippen molar-refractivity contribution >= 4 is 23.5 Å². The van der Waals surface area contributed by atoms with Gasteiger partial charge in [0.2, 0.25) is 5.91 Å². The molecule has 2 aromatic carbocycles. The molecular formula is C21H23N3O3. The fourth-order valence-corrected chi connectivity index (χ4v) is 3.35. The number of nitrogens with one attached hydrogen (secondary N) is 2. The van der Waals surface area contributed by atoms with Crippen molar-refractivity contribution in [3.05, 3.63) is 65.2 Å². The summed E-state index contributed by atoms with van der Waals surface area (Å²) in [5.74, 6) is -0.815. The van der Waals surface area contributed by atoms with Crippen LogP contribution in [0.4, 0.5) is 10.5 Å². The summed E-state index contributed by atoms with van der Waals surface area (Å²) in [7, 11) is 0. The van der Waals surface area contributed by atoms with E-state index in [1.165, 1.54) is 0 Å². The Morgan fingerprint density at radius 2 is 1.78 bits per heavy atom. The minimum atomic E-state index is -1.13. The van der Waals surface area contributed by atoms with Gasteiger partial charge in [-0.15, -0.1) is 0 Å². The van der Waals surface area contributed by atoms with Crippen molar-refractivity contribution in [2.45, 2.75) is 32.7 Å². The topological polar surface area (TPSA) is 78.5 Å². The van der Waals surface area contributed by atoms with Gasteiger partial charge in [0.15, 0.2) is 0 Å². The Morgan fingerprint density at radius 3 is 2.44 bits per heavy atom. The Kier molecular flexibility index (Phi) is 4.99. The van der Waals surface area contributed by atoms with Crippen molar-refractivity contribution in [1.82, 2.24) is 10.2 Å². The molecule has 2 aromatic rings. The van der Waals surface area contributed by atoms with Gasteiger partial charge in [0.1, 0.15) is 12.1 Å². The summed E-state index contributed by atoms with van der Waals surface area (Å²) in [6, 6.07) is 14.2. The Hall–Kier alpha value is -3.15. The summed E-state index contributed by atoms with van der Waals surface area (Å²) in [6.07, 6.45) is 0.399. The lowest BCUT2D eigenvalue weighted by atomic mass is 9.87. The van der Waals surface area contributed by atoms with E-state index in [2.05, 4.69) is 10.6 Å². The number of imide groups is 1. The lowest BCUT2D eigenvalue weighted by Gasteiger charge is -2.25. The zero-order valence-corrected chi connectivity index (χ0v) is 15.7. The Bertz CT molecular complexity index is 895. The Morgan fingerprint density at radius 1 is 1.07 bits per heavy atom. The lowest BCUT2D eigenvalue weighted by molar-refractivity contribution is -0.134. The number of hydrogen-bond donors (Lipinski definition) is 2. The van der Waals surface area contributed by atoms with Gasteiger partial charge >= 0.3 is 6.03 Å². The van der Waals surface area contributed by atoms with Gasteiger partial charge in [-0.05, 0) is 43.0 Å². The second-order valence-electron chi connectivity index (χ2n) is 6.74. The smallest absolute Gasteiger partial charge is 0.324 e. The van der Waals surface area contributed by atoms with Crippen LogP contribution in [-0.2, 0) is 15.1 Å². The number of amides is 4. The van der Waals surface area contributed by atoms with E-state index in [1.807, 2.05) is 51.1 Å². The summed E-state index contributed by atoms with van der Waals surface area (Å²) in [5, 5.41) is 5.57. The molecule has 27 heavy (non-hydrogen) atoms. The number of aryl methyl sites for hydroxylation is 1. The third-order valence-corrected chi connectivity index (χ3v) is 5.15. The van der Waals surface area contributed by atoms with Gasteiger partial charge < -0.3 is 10.6 Å². The third kappa shape index (κ3) is 3.30. The number of nitrogens with zero attached hydrogens (tertiary/aromatic N) is 1. The van der Waals surface area contributed by atoms with Gasteiger partial charge in [-0.25, -0.2) is 4.79 Å². The van der Waals surface area contributed by atoms with Gasteiger partial charge in [0, 0.05) is 5.69 Å². The second kappa shape index (κ2) is 7.23. The van der Waals surface area contributed by atoms with E-state index in [4.69, 9.17) is 0 Å². The first-order valence-corrected chi connectivity index (χ1v) is 8.94. The molecule has 0 aliphatic carbocycles. The van der Waals surface area contributed by atoms with Crippen molar-refractivity contribution in [1.29, 1.82) is 0 Å². The van der Waals surface area contributed by atoms with E-state index in [0.717, 1.165) is 16.0 Å². The number of hydrogen-bond acceptors (Lipinski definition) is 3. The van der Waals surface area contributed by atoms with Gasteiger partial charge in [-0.2, -0.15) is 0 Å². The summed E-state index contributed by atoms with van der Waals surface area (Å²) < 4.78 is 0. The second-order valence-corrected chi connectivity index (χ2v) is 6.74. The number of rotatable bonds is 5. The molecule has 6 heteroatoms. The van der Waals surface area contributed by atoms with Crippen LogP contribution in [0.15, 0.2) is 48.5 Å². The molecule has 1 atom stereocenters. The monoisotopic (exact) mass is 365 g/mol. The first kappa shape index (κ1) is 18.6. The lowest BCUT2D eigenvalue weighted by Crippen LogP contribution is -2.44. The normalized spacial score (nSPS) is 19.1. The predicted octanol–water partition coefficient (Wildman–Crippen LogP) is 3.10. The molecule has 1 aliphatic rings. The van der Waals surface area contributed by atoms with E-state index in [9.17, 15) is 14.4 Å². The van der Waals surface area contributed by atoms with Crippen molar-refractivity contribution in [2.75, 3.05) is 11.9 Å². The summed E-state index contributed by atoms with van der Waals surface area (Å²) in [5.41, 5.74) is 2.27. The molecule has 1 saturated heterocycles. The summed E-state index contributed by atoms with van der Waals surface area (Å²) >= 11 is 0. The third-order valence-electron chi connectivity index (χ3n) is 5.15. The van der Waals surface area contributed by atoms with E-state index in [1.54, 1.807) is 18.2 Å². The Balaban J connectivity index is 1.79. The largest absolute Gasteiger partial charge is 0.325 e. The van der Waals surface area contributed by atoms with Gasteiger partial charge in [-0.3, -0.25) is 14.5 Å². The van der Waals surface area contributed by atoms with Crippen LogP contribution in [0.2, 0.25) is 0 Å². The zero-order chi connectivity index (χ0) is 19.6. The average molecular weight is 365 g/mol. The van der Waals surface area contributed by atoms with E-state index >= 15 is 0 Å².